The van der Waals surface area contributed by atoms with E-state index in [0.717, 1.165) is 51.4 Å². The van der Waals surface area contributed by atoms with Crippen LogP contribution in [0, 0.1) is 68.5 Å². The van der Waals surface area contributed by atoms with E-state index in [0.29, 0.717) is 55.6 Å². The third-order valence-electron chi connectivity index (χ3n) is 19.9. The maximum absolute atomic E-state index is 13.7. The van der Waals surface area contributed by atoms with E-state index in [2.05, 4.69) is 63.7 Å². The summed E-state index contributed by atoms with van der Waals surface area (Å²) in [7, 11) is -3.08. The van der Waals surface area contributed by atoms with Gasteiger partial charge >= 0.3 is 18.0 Å². The van der Waals surface area contributed by atoms with Gasteiger partial charge in [0.05, 0.1) is 23.3 Å². The summed E-state index contributed by atoms with van der Waals surface area (Å²) in [5, 5.41) is 17.1. The van der Waals surface area contributed by atoms with E-state index in [-0.39, 0.29) is 68.8 Å². The summed E-state index contributed by atoms with van der Waals surface area (Å²) in [6.45, 7) is 32.4. The Labute approximate surface area is 374 Å². The molecule has 7 rings (SSSR count). The van der Waals surface area contributed by atoms with Crippen LogP contribution in [-0.4, -0.2) is 96.9 Å². The van der Waals surface area contributed by atoms with Crippen molar-refractivity contribution in [2.24, 2.45) is 68.5 Å². The van der Waals surface area contributed by atoms with Gasteiger partial charge in [0, 0.05) is 42.7 Å². The third kappa shape index (κ3) is 7.89. The third-order valence-corrected chi connectivity index (χ3v) is 21.6. The first kappa shape index (κ1) is 47.8. The average molecular weight is 886 g/mol. The number of carbonyl (C=O) groups is 3. The van der Waals surface area contributed by atoms with E-state index in [1.54, 1.807) is 0 Å². The number of nitrogens with zero attached hydrogens (tertiary/aromatic N) is 1. The number of fused-ring (bicyclic) bond motifs is 7. The number of carboxylic acids is 1. The van der Waals surface area contributed by atoms with E-state index in [1.807, 2.05) is 41.5 Å². The molecule has 3 N–H and O–H groups in total. The van der Waals surface area contributed by atoms with Crippen molar-refractivity contribution < 1.29 is 37.4 Å². The summed E-state index contributed by atoms with van der Waals surface area (Å²) in [5.74, 6) is 0.675. The number of nitrogens with one attached hydrogen (secondary N) is 2. The predicted molar refractivity (Wildman–Crippen MR) is 243 cm³/mol. The number of carboxylic acid groups (broad SMARTS) is 1. The number of rotatable bonds is 10. The molecule has 12 heteroatoms. The van der Waals surface area contributed by atoms with Gasteiger partial charge in [-0.1, -0.05) is 60.6 Å². The maximum atomic E-state index is 13.7. The van der Waals surface area contributed by atoms with Gasteiger partial charge in [-0.15, -0.1) is 0 Å². The van der Waals surface area contributed by atoms with Crippen LogP contribution in [0.4, 0.5) is 4.79 Å². The van der Waals surface area contributed by atoms with E-state index in [1.165, 1.54) is 18.4 Å². The second-order valence-corrected chi connectivity index (χ2v) is 27.0. The Hall–Kier alpha value is -2.18. The quantitative estimate of drug-likeness (QED) is 0.144. The zero-order valence-electron chi connectivity index (χ0n) is 40.5. The first-order chi connectivity index (χ1) is 28.5. The Morgan fingerprint density at radius 1 is 0.839 bits per heavy atom. The van der Waals surface area contributed by atoms with Crippen LogP contribution in [-0.2, 0) is 28.9 Å². The highest BCUT2D eigenvalue weighted by atomic mass is 32.2. The Morgan fingerprint density at radius 2 is 1.50 bits per heavy atom. The van der Waals surface area contributed by atoms with Gasteiger partial charge in [-0.05, 0) is 156 Å². The molecule has 14 atom stereocenters. The molecule has 7 aliphatic rings. The summed E-state index contributed by atoms with van der Waals surface area (Å²) in [5.41, 5.74) is 0.159. The van der Waals surface area contributed by atoms with Gasteiger partial charge in [0.1, 0.15) is 11.7 Å². The lowest BCUT2D eigenvalue weighted by Gasteiger charge is -2.73. The lowest BCUT2D eigenvalue weighted by atomic mass is 9.32. The van der Waals surface area contributed by atoms with Crippen LogP contribution in [0.25, 0.3) is 0 Å². The highest BCUT2D eigenvalue weighted by Gasteiger charge is 2.71. The largest absolute Gasteiger partial charge is 0.481 e. The smallest absolute Gasteiger partial charge is 0.407 e. The van der Waals surface area contributed by atoms with Crippen LogP contribution in [0.1, 0.15) is 154 Å². The number of hydrogen-bond donors (Lipinski definition) is 3. The minimum Gasteiger partial charge on any atom is -0.481 e. The zero-order valence-corrected chi connectivity index (χ0v) is 41.3. The lowest BCUT2D eigenvalue weighted by Crippen LogP contribution is -2.69. The lowest BCUT2D eigenvalue weighted by molar-refractivity contribution is -0.248. The standard InChI is InChI=1S/C50H83N3O8S/c1-30(2)32-16-21-50(51-29-36(53-24-26-62(58,59)27-25-53)31(3)52-43(57)61-44(4,5)6)23-22-48(12)33(40(32)50)14-15-38-47(11)19-18-39(46(9,10)37(47)17-20-49(38,48)13)60-42(56)35-28-34(41(54)55)45(35,7)8/h31-40,51H,1,14-29H2,2-13H3,(H,52,57)(H,54,55)/t31?,32-,33+,34-,35+,36?,37-,38+,39-,40+,47-,48+,49+,50-/m0/s1. The molecular weight excluding hydrogens is 803 g/mol. The van der Waals surface area contributed by atoms with Gasteiger partial charge < -0.3 is 25.2 Å². The molecule has 0 spiro atoms. The molecule has 1 saturated heterocycles. The molecule has 0 aromatic carbocycles. The second kappa shape index (κ2) is 16.0. The molecule has 11 nitrogen and oxygen atoms in total. The van der Waals surface area contributed by atoms with Crippen molar-refractivity contribution in [3.63, 3.8) is 0 Å². The molecule has 0 aromatic rings. The molecule has 6 saturated carbocycles. The van der Waals surface area contributed by atoms with Gasteiger partial charge in [-0.3, -0.25) is 14.5 Å². The highest BCUT2D eigenvalue weighted by molar-refractivity contribution is 7.91. The van der Waals surface area contributed by atoms with E-state index in [9.17, 15) is 27.9 Å². The summed E-state index contributed by atoms with van der Waals surface area (Å²) in [4.78, 5) is 40.9. The summed E-state index contributed by atoms with van der Waals surface area (Å²) in [6.07, 6.45) is 10.7. The fourth-order valence-electron chi connectivity index (χ4n) is 16.2. The van der Waals surface area contributed by atoms with Crippen LogP contribution in [0.5, 0.6) is 0 Å². The molecule has 0 bridgehead atoms. The Morgan fingerprint density at radius 3 is 2.10 bits per heavy atom. The summed E-state index contributed by atoms with van der Waals surface area (Å²) >= 11 is 0. The monoisotopic (exact) mass is 886 g/mol. The van der Waals surface area contributed by atoms with Gasteiger partial charge in [0.15, 0.2) is 9.84 Å². The second-order valence-electron chi connectivity index (χ2n) is 24.7. The van der Waals surface area contributed by atoms with Crippen LogP contribution < -0.4 is 10.6 Å². The molecule has 6 aliphatic carbocycles. The molecule has 2 unspecified atom stereocenters. The van der Waals surface area contributed by atoms with Crippen molar-refractivity contribution in [1.29, 1.82) is 0 Å². The number of amides is 1. The molecule has 7 fully saturated rings. The summed E-state index contributed by atoms with van der Waals surface area (Å²) in [6, 6.07) is -0.365. The van der Waals surface area contributed by atoms with Crippen molar-refractivity contribution in [3.8, 4) is 0 Å². The average Bonchev–Trinajstić information content (AvgIpc) is 3.52. The molecule has 0 aromatic heterocycles. The van der Waals surface area contributed by atoms with Crippen LogP contribution in [0.2, 0.25) is 0 Å². The summed E-state index contributed by atoms with van der Waals surface area (Å²) < 4.78 is 37.3. The molecule has 1 amide bonds. The Kier molecular flexibility index (Phi) is 12.3. The maximum Gasteiger partial charge on any atom is 0.407 e. The molecule has 1 heterocycles. The van der Waals surface area contributed by atoms with Crippen molar-refractivity contribution in [1.82, 2.24) is 15.5 Å². The van der Waals surface area contributed by atoms with E-state index in [4.69, 9.17) is 9.47 Å². The minimum absolute atomic E-state index is 0.0761. The molecule has 1 aliphatic heterocycles. The number of sulfone groups is 1. The first-order valence-corrected chi connectivity index (χ1v) is 26.1. The Bertz CT molecular complexity index is 1880. The number of ether oxygens (including phenoxy) is 2. The SMILES string of the molecule is C=C(C)[C@@H]1CC[C@]2(NCC(C(C)NC(=O)OC(C)(C)C)N3CCS(=O)(=O)CC3)CC[C@]3(C)[C@H](CC[C@@H]4[C@@]5(C)CC[C@H](OC(=O)[C@H]6C[C@@H](C(=O)O)C6(C)C)C(C)(C)[C@@H]5CC[C@]43C)[C@@H]12. The van der Waals surface area contributed by atoms with Gasteiger partial charge in [0.2, 0.25) is 0 Å². The van der Waals surface area contributed by atoms with Crippen molar-refractivity contribution in [2.45, 2.75) is 183 Å². The van der Waals surface area contributed by atoms with Crippen molar-refractivity contribution in [2.75, 3.05) is 31.1 Å². The fraction of sp³-hybridized carbons (Fsp3) is 0.900. The van der Waals surface area contributed by atoms with Gasteiger partial charge in [0.25, 0.3) is 0 Å². The van der Waals surface area contributed by atoms with E-state index >= 15 is 0 Å². The van der Waals surface area contributed by atoms with Gasteiger partial charge in [-0.25, -0.2) is 13.2 Å². The normalized spacial score (nSPS) is 42.9. The number of esters is 1. The van der Waals surface area contributed by atoms with Crippen molar-refractivity contribution in [3.05, 3.63) is 12.2 Å². The zero-order chi connectivity index (χ0) is 45.8. The minimum atomic E-state index is -3.08. The van der Waals surface area contributed by atoms with E-state index < -0.39 is 38.8 Å². The molecule has 352 valence electrons. The topological polar surface area (TPSA) is 151 Å². The van der Waals surface area contributed by atoms with Gasteiger partial charge in [-0.2, -0.15) is 0 Å². The number of allylic oxidation sites excluding steroid dienone is 1. The fourth-order valence-corrected chi connectivity index (χ4v) is 17.4. The van der Waals surface area contributed by atoms with Crippen LogP contribution in [0.3, 0.4) is 0 Å². The first-order valence-electron chi connectivity index (χ1n) is 24.3. The predicted octanol–water partition coefficient (Wildman–Crippen LogP) is 8.66. The number of aliphatic carboxylic acids is 1. The number of alkyl carbamates (subject to hydrolysis) is 1. The van der Waals surface area contributed by atoms with Crippen LogP contribution >= 0.6 is 0 Å². The Balaban J connectivity index is 1.11. The van der Waals surface area contributed by atoms with Crippen molar-refractivity contribution >= 4 is 27.9 Å². The molecule has 0 radical (unpaired) electrons. The highest BCUT2D eigenvalue weighted by Crippen LogP contribution is 2.76. The number of carbonyl (C=O) groups excluding carboxylic acids is 2. The number of hydrogen-bond acceptors (Lipinski definition) is 9. The van der Waals surface area contributed by atoms with Crippen LogP contribution in [0.15, 0.2) is 12.2 Å². The molecule has 62 heavy (non-hydrogen) atoms. The molecular formula is C50H83N3O8S.